The van der Waals surface area contributed by atoms with Gasteiger partial charge in [-0.2, -0.15) is 0 Å². The topological polar surface area (TPSA) is 41.1 Å². The van der Waals surface area contributed by atoms with E-state index in [2.05, 4.69) is 49.5 Å². The van der Waals surface area contributed by atoms with Crippen LogP contribution in [0, 0.1) is 0 Å². The lowest BCUT2D eigenvalue weighted by Gasteiger charge is -2.37. The molecule has 1 fully saturated rings. The summed E-state index contributed by atoms with van der Waals surface area (Å²) in [6.45, 7) is 13.6. The van der Waals surface area contributed by atoms with Gasteiger partial charge in [0.15, 0.2) is 0 Å². The number of rotatable bonds is 2. The van der Waals surface area contributed by atoms with Gasteiger partial charge in [-0.25, -0.2) is 4.98 Å². The predicted molar refractivity (Wildman–Crippen MR) is 72.7 cm³/mol. The summed E-state index contributed by atoms with van der Waals surface area (Å²) in [5.41, 5.74) is 1.30. The molecule has 0 radical (unpaired) electrons. The average molecular weight is 251 g/mol. The highest BCUT2D eigenvalue weighted by Gasteiger charge is 2.29. The van der Waals surface area contributed by atoms with Crippen LogP contribution in [0.3, 0.4) is 0 Å². The summed E-state index contributed by atoms with van der Waals surface area (Å²) < 4.78 is 5.61. The van der Waals surface area contributed by atoms with Crippen molar-refractivity contribution in [3.05, 3.63) is 17.7 Å². The number of hydrogen-bond donors (Lipinski definition) is 1. The van der Waals surface area contributed by atoms with Crippen LogP contribution in [0.4, 0.5) is 0 Å². The maximum absolute atomic E-state index is 5.61. The number of aromatic nitrogens is 2. The summed E-state index contributed by atoms with van der Waals surface area (Å²) in [4.78, 5) is 10.5. The van der Waals surface area contributed by atoms with E-state index in [1.165, 1.54) is 5.69 Å². The Morgan fingerprint density at radius 1 is 1.44 bits per heavy atom. The van der Waals surface area contributed by atoms with Crippen molar-refractivity contribution in [2.24, 2.45) is 0 Å². The second kappa shape index (κ2) is 5.02. The molecule has 2 heterocycles. The average Bonchev–Trinajstić information content (AvgIpc) is 2.77. The first-order chi connectivity index (χ1) is 8.39. The van der Waals surface area contributed by atoms with Gasteiger partial charge in [0.25, 0.3) is 0 Å². The first-order valence-corrected chi connectivity index (χ1v) is 6.78. The van der Waals surface area contributed by atoms with Gasteiger partial charge < -0.3 is 9.72 Å². The predicted octanol–water partition coefficient (Wildman–Crippen LogP) is 2.49. The Kier molecular flexibility index (Phi) is 3.78. The molecule has 1 atom stereocenters. The molecule has 2 rings (SSSR count). The van der Waals surface area contributed by atoms with Crippen LogP contribution in [0.25, 0.3) is 0 Å². The maximum Gasteiger partial charge on any atom is 0.126 e. The molecule has 18 heavy (non-hydrogen) atoms. The Hall–Kier alpha value is -0.870. The zero-order chi connectivity index (χ0) is 13.3. The molecule has 0 aliphatic carbocycles. The van der Waals surface area contributed by atoms with Crippen molar-refractivity contribution in [1.29, 1.82) is 0 Å². The van der Waals surface area contributed by atoms with Crippen molar-refractivity contribution in [1.82, 2.24) is 14.9 Å². The van der Waals surface area contributed by atoms with Crippen LogP contribution in [0.2, 0.25) is 0 Å². The zero-order valence-electron chi connectivity index (χ0n) is 12.2. The fraction of sp³-hybridized carbons (Fsp3) is 0.786. The van der Waals surface area contributed by atoms with E-state index in [0.29, 0.717) is 6.04 Å². The molecule has 1 saturated heterocycles. The molecule has 1 aliphatic heterocycles. The lowest BCUT2D eigenvalue weighted by atomic mass is 9.93. The SMILES string of the molecule is CC(C)N1CCOC[C@H]1c1ncc(C(C)(C)C)[nH]1. The minimum absolute atomic E-state index is 0.115. The quantitative estimate of drug-likeness (QED) is 0.878. The fourth-order valence-electron chi connectivity index (χ4n) is 2.36. The number of nitrogens with zero attached hydrogens (tertiary/aromatic N) is 2. The van der Waals surface area contributed by atoms with E-state index in [4.69, 9.17) is 4.74 Å². The second-order valence-corrected chi connectivity index (χ2v) is 6.35. The van der Waals surface area contributed by atoms with Crippen LogP contribution in [0.5, 0.6) is 0 Å². The Bertz CT molecular complexity index is 392. The standard InChI is InChI=1S/C14H25N3O/c1-10(2)17-6-7-18-9-11(17)13-15-8-12(16-13)14(3,4)5/h8,10-11H,6-7,9H2,1-5H3,(H,15,16)/t11-/m0/s1. The van der Waals surface area contributed by atoms with Crippen molar-refractivity contribution in [2.45, 2.75) is 52.1 Å². The van der Waals surface area contributed by atoms with Crippen molar-refractivity contribution >= 4 is 0 Å². The molecule has 0 amide bonds. The van der Waals surface area contributed by atoms with E-state index in [1.807, 2.05) is 6.20 Å². The molecule has 102 valence electrons. The Labute approximate surface area is 110 Å². The first-order valence-electron chi connectivity index (χ1n) is 6.78. The largest absolute Gasteiger partial charge is 0.378 e. The summed E-state index contributed by atoms with van der Waals surface area (Å²) in [7, 11) is 0. The lowest BCUT2D eigenvalue weighted by molar-refractivity contribution is -0.0262. The van der Waals surface area contributed by atoms with Gasteiger partial charge in [0.05, 0.1) is 19.3 Å². The molecular formula is C14H25N3O. The van der Waals surface area contributed by atoms with Gasteiger partial charge in [-0.3, -0.25) is 4.90 Å². The van der Waals surface area contributed by atoms with E-state index >= 15 is 0 Å². The number of hydrogen-bond acceptors (Lipinski definition) is 3. The van der Waals surface area contributed by atoms with Gasteiger partial charge in [0.1, 0.15) is 5.82 Å². The molecule has 0 spiro atoms. The number of aromatic amines is 1. The van der Waals surface area contributed by atoms with Crippen LogP contribution in [0.15, 0.2) is 6.20 Å². The van der Waals surface area contributed by atoms with E-state index < -0.39 is 0 Å². The minimum Gasteiger partial charge on any atom is -0.378 e. The van der Waals surface area contributed by atoms with Crippen LogP contribution < -0.4 is 0 Å². The summed E-state index contributed by atoms with van der Waals surface area (Å²) in [6, 6.07) is 0.775. The molecule has 0 unspecified atom stereocenters. The Morgan fingerprint density at radius 2 is 2.17 bits per heavy atom. The second-order valence-electron chi connectivity index (χ2n) is 6.35. The fourth-order valence-corrected chi connectivity index (χ4v) is 2.36. The highest BCUT2D eigenvalue weighted by molar-refractivity contribution is 5.13. The van der Waals surface area contributed by atoms with E-state index in [9.17, 15) is 0 Å². The van der Waals surface area contributed by atoms with Gasteiger partial charge in [-0.15, -0.1) is 0 Å². The maximum atomic E-state index is 5.61. The van der Waals surface area contributed by atoms with Crippen molar-refractivity contribution < 1.29 is 4.74 Å². The minimum atomic E-state index is 0.115. The van der Waals surface area contributed by atoms with Crippen molar-refractivity contribution in [2.75, 3.05) is 19.8 Å². The molecule has 1 aliphatic rings. The Morgan fingerprint density at radius 3 is 2.72 bits per heavy atom. The summed E-state index contributed by atoms with van der Waals surface area (Å²) in [5.74, 6) is 1.04. The molecular weight excluding hydrogens is 226 g/mol. The summed E-state index contributed by atoms with van der Waals surface area (Å²) >= 11 is 0. The lowest BCUT2D eigenvalue weighted by Crippen LogP contribution is -2.43. The molecule has 4 nitrogen and oxygen atoms in total. The van der Waals surface area contributed by atoms with Gasteiger partial charge in [0, 0.05) is 29.9 Å². The van der Waals surface area contributed by atoms with Crippen LogP contribution in [0.1, 0.15) is 52.2 Å². The van der Waals surface area contributed by atoms with Crippen LogP contribution in [-0.2, 0) is 10.2 Å². The number of imidazole rings is 1. The van der Waals surface area contributed by atoms with Crippen molar-refractivity contribution in [3.63, 3.8) is 0 Å². The highest BCUT2D eigenvalue weighted by atomic mass is 16.5. The van der Waals surface area contributed by atoms with E-state index in [-0.39, 0.29) is 11.5 Å². The number of ether oxygens (including phenoxy) is 1. The number of H-pyrrole nitrogens is 1. The van der Waals surface area contributed by atoms with Gasteiger partial charge in [-0.05, 0) is 13.8 Å². The molecule has 1 aromatic heterocycles. The first kappa shape index (κ1) is 13.6. The molecule has 4 heteroatoms. The highest BCUT2D eigenvalue weighted by Crippen LogP contribution is 2.27. The normalized spacial score (nSPS) is 22.7. The summed E-state index contributed by atoms with van der Waals surface area (Å²) in [5, 5.41) is 0. The third kappa shape index (κ3) is 2.75. The monoisotopic (exact) mass is 251 g/mol. The summed E-state index contributed by atoms with van der Waals surface area (Å²) in [6.07, 6.45) is 1.96. The van der Waals surface area contributed by atoms with Crippen molar-refractivity contribution in [3.8, 4) is 0 Å². The van der Waals surface area contributed by atoms with Crippen LogP contribution >= 0.6 is 0 Å². The van der Waals surface area contributed by atoms with Gasteiger partial charge in [0.2, 0.25) is 0 Å². The number of morpholine rings is 1. The van der Waals surface area contributed by atoms with E-state index in [1.54, 1.807) is 0 Å². The molecule has 1 N–H and O–H groups in total. The molecule has 0 saturated carbocycles. The third-order valence-corrected chi connectivity index (χ3v) is 3.55. The smallest absolute Gasteiger partial charge is 0.126 e. The molecule has 0 aromatic carbocycles. The van der Waals surface area contributed by atoms with E-state index in [0.717, 1.165) is 25.6 Å². The third-order valence-electron chi connectivity index (χ3n) is 3.55. The van der Waals surface area contributed by atoms with Gasteiger partial charge in [-0.1, -0.05) is 20.8 Å². The zero-order valence-corrected chi connectivity index (χ0v) is 12.2. The number of nitrogens with one attached hydrogen (secondary N) is 1. The van der Waals surface area contributed by atoms with Crippen LogP contribution in [-0.4, -0.2) is 40.7 Å². The molecule has 0 bridgehead atoms. The van der Waals surface area contributed by atoms with Gasteiger partial charge >= 0.3 is 0 Å². The Balaban J connectivity index is 2.21. The molecule has 1 aromatic rings.